The van der Waals surface area contributed by atoms with Crippen molar-refractivity contribution < 1.29 is 9.84 Å². The molecule has 2 nitrogen and oxygen atoms in total. The second kappa shape index (κ2) is 8.23. The Kier molecular flexibility index (Phi) is 6.28. The molecular weight excluding hydrogens is 336 g/mol. The average Bonchev–Trinajstić information content (AvgIpc) is 2.89. The summed E-state index contributed by atoms with van der Waals surface area (Å²) in [4.78, 5) is 2.18. The van der Waals surface area contributed by atoms with Crippen LogP contribution in [0.25, 0.3) is 0 Å². The minimum absolute atomic E-state index is 0.113. The molecule has 4 heteroatoms. The summed E-state index contributed by atoms with van der Waals surface area (Å²) in [5, 5.41) is 8.67. The Bertz CT molecular complexity index is 593. The van der Waals surface area contributed by atoms with Gasteiger partial charge in [0.25, 0.3) is 0 Å². The van der Waals surface area contributed by atoms with E-state index in [1.807, 2.05) is 36.4 Å². The first-order chi connectivity index (χ1) is 9.78. The van der Waals surface area contributed by atoms with Gasteiger partial charge in [-0.25, -0.2) is 0 Å². The number of hydrogen-bond donors (Lipinski definition) is 1. The number of thiophene rings is 1. The lowest BCUT2D eigenvalue weighted by Crippen LogP contribution is -1.91. The molecule has 0 aliphatic rings. The Morgan fingerprint density at radius 2 is 1.90 bits per heavy atom. The molecule has 20 heavy (non-hydrogen) atoms. The lowest BCUT2D eigenvalue weighted by atomic mass is 10.2. The third-order valence-electron chi connectivity index (χ3n) is 2.54. The molecule has 0 radical (unpaired) electrons. The van der Waals surface area contributed by atoms with Crippen molar-refractivity contribution in [3.8, 4) is 11.8 Å². The molecule has 0 amide bonds. The van der Waals surface area contributed by atoms with Crippen LogP contribution in [0.3, 0.4) is 0 Å². The van der Waals surface area contributed by atoms with E-state index >= 15 is 0 Å². The molecule has 1 heterocycles. The molecule has 2 aromatic rings. The lowest BCUT2D eigenvalue weighted by Gasteiger charge is -2.02. The van der Waals surface area contributed by atoms with Gasteiger partial charge in [0.15, 0.2) is 0 Å². The standard InChI is InChI=1S/C16H15BrO2S/c17-14-6-4-13(5-7-14)11-19-12-16-9-8-15(20-16)3-1-2-10-18/h4-9,18H,2,10-12H2. The van der Waals surface area contributed by atoms with E-state index in [0.717, 1.165) is 19.8 Å². The van der Waals surface area contributed by atoms with E-state index < -0.39 is 0 Å². The highest BCUT2D eigenvalue weighted by atomic mass is 79.9. The van der Waals surface area contributed by atoms with Crippen molar-refractivity contribution in [1.82, 2.24) is 0 Å². The third kappa shape index (κ3) is 5.10. The van der Waals surface area contributed by atoms with Crippen LogP contribution in [0.4, 0.5) is 0 Å². The van der Waals surface area contributed by atoms with Crippen molar-refractivity contribution in [1.29, 1.82) is 0 Å². The molecule has 0 aliphatic carbocycles. The van der Waals surface area contributed by atoms with Crippen LogP contribution in [0.2, 0.25) is 0 Å². The van der Waals surface area contributed by atoms with Gasteiger partial charge in [0.1, 0.15) is 0 Å². The summed E-state index contributed by atoms with van der Waals surface area (Å²) < 4.78 is 6.77. The number of benzene rings is 1. The highest BCUT2D eigenvalue weighted by Gasteiger charge is 1.99. The fourth-order valence-electron chi connectivity index (χ4n) is 1.58. The van der Waals surface area contributed by atoms with Gasteiger partial charge in [-0.3, -0.25) is 0 Å². The Morgan fingerprint density at radius 1 is 1.10 bits per heavy atom. The van der Waals surface area contributed by atoms with Gasteiger partial charge in [-0.1, -0.05) is 39.9 Å². The minimum atomic E-state index is 0.113. The van der Waals surface area contributed by atoms with Crippen LogP contribution in [0.5, 0.6) is 0 Å². The van der Waals surface area contributed by atoms with Crippen LogP contribution in [-0.2, 0) is 18.0 Å². The second-order valence-electron chi connectivity index (χ2n) is 4.16. The molecule has 104 valence electrons. The number of aliphatic hydroxyl groups excluding tert-OH is 1. The summed E-state index contributed by atoms with van der Waals surface area (Å²) in [6, 6.07) is 12.1. The van der Waals surface area contributed by atoms with Gasteiger partial charge in [-0.2, -0.15) is 0 Å². The Labute approximate surface area is 131 Å². The van der Waals surface area contributed by atoms with Crippen molar-refractivity contribution in [2.75, 3.05) is 6.61 Å². The first-order valence-corrected chi connectivity index (χ1v) is 7.89. The number of aliphatic hydroxyl groups is 1. The van der Waals surface area contributed by atoms with Crippen LogP contribution in [0, 0.1) is 11.8 Å². The number of halogens is 1. The summed E-state index contributed by atoms with van der Waals surface area (Å²) in [6.07, 6.45) is 0.521. The SMILES string of the molecule is OCCC#Cc1ccc(COCc2ccc(Br)cc2)s1. The van der Waals surface area contributed by atoms with E-state index in [9.17, 15) is 0 Å². The molecule has 0 saturated heterocycles. The number of ether oxygens (including phenoxy) is 1. The lowest BCUT2D eigenvalue weighted by molar-refractivity contribution is 0.109. The normalized spacial score (nSPS) is 10.1. The summed E-state index contributed by atoms with van der Waals surface area (Å²) >= 11 is 5.04. The van der Waals surface area contributed by atoms with Crippen molar-refractivity contribution in [3.05, 3.63) is 56.2 Å². The summed E-state index contributed by atoms with van der Waals surface area (Å²) in [7, 11) is 0. The van der Waals surface area contributed by atoms with Gasteiger partial charge in [-0.15, -0.1) is 11.3 Å². The molecule has 1 aromatic heterocycles. The minimum Gasteiger partial charge on any atom is -0.395 e. The number of hydrogen-bond acceptors (Lipinski definition) is 3. The first-order valence-electron chi connectivity index (χ1n) is 6.28. The van der Waals surface area contributed by atoms with Gasteiger partial charge >= 0.3 is 0 Å². The summed E-state index contributed by atoms with van der Waals surface area (Å²) in [5.74, 6) is 5.95. The third-order valence-corrected chi connectivity index (χ3v) is 4.04. The highest BCUT2D eigenvalue weighted by molar-refractivity contribution is 9.10. The van der Waals surface area contributed by atoms with Gasteiger partial charge in [0.2, 0.25) is 0 Å². The molecule has 0 bridgehead atoms. The maximum Gasteiger partial charge on any atom is 0.0814 e. The molecular formula is C16H15BrO2S. The van der Waals surface area contributed by atoms with Gasteiger partial charge < -0.3 is 9.84 Å². The Morgan fingerprint density at radius 3 is 2.65 bits per heavy atom. The smallest absolute Gasteiger partial charge is 0.0814 e. The molecule has 0 saturated carbocycles. The van der Waals surface area contributed by atoms with Gasteiger partial charge in [-0.05, 0) is 29.8 Å². The van der Waals surface area contributed by atoms with Crippen LogP contribution >= 0.6 is 27.3 Å². The topological polar surface area (TPSA) is 29.5 Å². The molecule has 0 spiro atoms. The monoisotopic (exact) mass is 350 g/mol. The van der Waals surface area contributed by atoms with E-state index in [0.29, 0.717) is 19.6 Å². The zero-order valence-electron chi connectivity index (χ0n) is 10.9. The molecule has 1 aromatic carbocycles. The van der Waals surface area contributed by atoms with Crippen molar-refractivity contribution >= 4 is 27.3 Å². The maximum atomic E-state index is 8.67. The average molecular weight is 351 g/mol. The molecule has 0 atom stereocenters. The largest absolute Gasteiger partial charge is 0.395 e. The fourth-order valence-corrected chi connectivity index (χ4v) is 2.66. The Hall–Kier alpha value is -1.12. The first kappa shape index (κ1) is 15.3. The predicted molar refractivity (Wildman–Crippen MR) is 85.5 cm³/mol. The van der Waals surface area contributed by atoms with E-state index in [2.05, 4.69) is 27.8 Å². The molecule has 2 rings (SSSR count). The van der Waals surface area contributed by atoms with Crippen LogP contribution in [0.15, 0.2) is 40.9 Å². The zero-order chi connectivity index (χ0) is 14.2. The summed E-state index contributed by atoms with van der Waals surface area (Å²) in [5.41, 5.74) is 1.16. The predicted octanol–water partition coefficient (Wildman–Crippen LogP) is 3.96. The van der Waals surface area contributed by atoms with E-state index in [4.69, 9.17) is 9.84 Å². The van der Waals surface area contributed by atoms with Crippen LogP contribution in [-0.4, -0.2) is 11.7 Å². The van der Waals surface area contributed by atoms with Gasteiger partial charge in [0, 0.05) is 15.8 Å². The van der Waals surface area contributed by atoms with Crippen molar-refractivity contribution in [3.63, 3.8) is 0 Å². The van der Waals surface area contributed by atoms with Crippen LogP contribution < -0.4 is 0 Å². The molecule has 0 unspecified atom stereocenters. The van der Waals surface area contributed by atoms with Crippen molar-refractivity contribution in [2.24, 2.45) is 0 Å². The van der Waals surface area contributed by atoms with E-state index in [1.165, 1.54) is 0 Å². The molecule has 1 N–H and O–H groups in total. The Balaban J connectivity index is 1.80. The molecule has 0 fully saturated rings. The van der Waals surface area contributed by atoms with Gasteiger partial charge in [0.05, 0.1) is 24.7 Å². The number of rotatable bonds is 5. The van der Waals surface area contributed by atoms with Crippen molar-refractivity contribution in [2.45, 2.75) is 19.6 Å². The van der Waals surface area contributed by atoms with E-state index in [-0.39, 0.29) is 6.61 Å². The quantitative estimate of drug-likeness (QED) is 0.827. The fraction of sp³-hybridized carbons (Fsp3) is 0.250. The van der Waals surface area contributed by atoms with Crippen LogP contribution in [0.1, 0.15) is 21.7 Å². The highest BCUT2D eigenvalue weighted by Crippen LogP contribution is 2.17. The zero-order valence-corrected chi connectivity index (χ0v) is 13.3. The van der Waals surface area contributed by atoms with E-state index in [1.54, 1.807) is 11.3 Å². The summed E-state index contributed by atoms with van der Waals surface area (Å²) in [6.45, 7) is 1.32. The molecule has 0 aliphatic heterocycles. The second-order valence-corrected chi connectivity index (χ2v) is 6.24. The maximum absolute atomic E-state index is 8.67.